The lowest BCUT2D eigenvalue weighted by Gasteiger charge is -2.26. The monoisotopic (exact) mass is 327 g/mol. The Morgan fingerprint density at radius 1 is 1.17 bits per heavy atom. The SMILES string of the molecule is CCCC(C)COC(=O)/C=C/C(=O)OCCCN1CCOCC1. The highest BCUT2D eigenvalue weighted by atomic mass is 16.5. The standard InChI is InChI=1S/C17H29NO5/c1-3-5-15(2)14-23-17(20)7-6-16(19)22-11-4-8-18-9-12-21-13-10-18/h6-7,15H,3-5,8-14H2,1-2H3/b7-6+. The normalized spacial score (nSPS) is 17.1. The number of hydrogen-bond donors (Lipinski definition) is 0. The largest absolute Gasteiger partial charge is 0.462 e. The van der Waals surface area contributed by atoms with Gasteiger partial charge in [0.05, 0.1) is 26.4 Å². The Labute approximate surface area is 138 Å². The molecular formula is C17H29NO5. The number of morpholine rings is 1. The van der Waals surface area contributed by atoms with Gasteiger partial charge in [-0.15, -0.1) is 0 Å². The van der Waals surface area contributed by atoms with E-state index >= 15 is 0 Å². The Bertz CT molecular complexity index is 377. The number of esters is 2. The van der Waals surface area contributed by atoms with E-state index in [9.17, 15) is 9.59 Å². The number of ether oxygens (including phenoxy) is 3. The lowest BCUT2D eigenvalue weighted by Crippen LogP contribution is -2.37. The fourth-order valence-electron chi connectivity index (χ4n) is 2.32. The van der Waals surface area contributed by atoms with Gasteiger partial charge in [0.15, 0.2) is 0 Å². The van der Waals surface area contributed by atoms with Crippen molar-refractivity contribution in [3.63, 3.8) is 0 Å². The van der Waals surface area contributed by atoms with Crippen LogP contribution in [0.1, 0.15) is 33.1 Å². The molecule has 0 N–H and O–H groups in total. The minimum atomic E-state index is -0.509. The van der Waals surface area contributed by atoms with Crippen LogP contribution in [0.5, 0.6) is 0 Å². The van der Waals surface area contributed by atoms with Crippen molar-refractivity contribution < 1.29 is 23.8 Å². The lowest BCUT2D eigenvalue weighted by molar-refractivity contribution is -0.141. The quantitative estimate of drug-likeness (QED) is 0.346. The maximum Gasteiger partial charge on any atom is 0.331 e. The second kappa shape index (κ2) is 12.1. The van der Waals surface area contributed by atoms with E-state index in [1.807, 2.05) is 6.92 Å². The number of rotatable bonds is 10. The lowest BCUT2D eigenvalue weighted by atomic mass is 10.1. The first kappa shape index (κ1) is 19.6. The van der Waals surface area contributed by atoms with Crippen LogP contribution in [0.15, 0.2) is 12.2 Å². The topological polar surface area (TPSA) is 65.1 Å². The van der Waals surface area contributed by atoms with E-state index in [-0.39, 0.29) is 0 Å². The first-order valence-corrected chi connectivity index (χ1v) is 8.43. The second-order valence-corrected chi connectivity index (χ2v) is 5.83. The molecule has 0 bridgehead atoms. The molecule has 23 heavy (non-hydrogen) atoms. The van der Waals surface area contributed by atoms with Gasteiger partial charge < -0.3 is 14.2 Å². The zero-order valence-electron chi connectivity index (χ0n) is 14.3. The van der Waals surface area contributed by atoms with Crippen molar-refractivity contribution in [1.29, 1.82) is 0 Å². The number of carbonyl (C=O) groups is 2. The molecule has 1 fully saturated rings. The van der Waals surface area contributed by atoms with E-state index in [1.54, 1.807) is 0 Å². The van der Waals surface area contributed by atoms with Crippen molar-refractivity contribution in [2.75, 3.05) is 46.1 Å². The van der Waals surface area contributed by atoms with Gasteiger partial charge in [-0.1, -0.05) is 20.3 Å². The Morgan fingerprint density at radius 2 is 1.83 bits per heavy atom. The molecule has 1 saturated heterocycles. The maximum absolute atomic E-state index is 11.5. The molecule has 0 saturated carbocycles. The summed E-state index contributed by atoms with van der Waals surface area (Å²) in [4.78, 5) is 25.2. The van der Waals surface area contributed by atoms with E-state index < -0.39 is 11.9 Å². The fraction of sp³-hybridized carbons (Fsp3) is 0.765. The summed E-state index contributed by atoms with van der Waals surface area (Å²) in [5.41, 5.74) is 0. The molecule has 0 radical (unpaired) electrons. The van der Waals surface area contributed by atoms with Crippen LogP contribution in [0.4, 0.5) is 0 Å². The van der Waals surface area contributed by atoms with Gasteiger partial charge in [0.25, 0.3) is 0 Å². The van der Waals surface area contributed by atoms with Gasteiger partial charge in [-0.25, -0.2) is 9.59 Å². The number of nitrogens with zero attached hydrogens (tertiary/aromatic N) is 1. The molecule has 1 aliphatic rings. The minimum absolute atomic E-state index is 0.337. The van der Waals surface area contributed by atoms with Crippen molar-refractivity contribution in [3.8, 4) is 0 Å². The highest BCUT2D eigenvalue weighted by Crippen LogP contribution is 2.05. The molecule has 1 heterocycles. The fourth-order valence-corrected chi connectivity index (χ4v) is 2.32. The smallest absolute Gasteiger partial charge is 0.331 e. The number of carbonyl (C=O) groups excluding carboxylic acids is 2. The van der Waals surface area contributed by atoms with E-state index in [0.717, 1.165) is 64.3 Å². The zero-order chi connectivity index (χ0) is 16.9. The molecule has 0 aliphatic carbocycles. The summed E-state index contributed by atoms with van der Waals surface area (Å²) in [6.45, 7) is 9.12. The average Bonchev–Trinajstić information content (AvgIpc) is 2.56. The van der Waals surface area contributed by atoms with Gasteiger partial charge in [0.2, 0.25) is 0 Å². The van der Waals surface area contributed by atoms with Crippen LogP contribution in [-0.4, -0.2) is 62.9 Å². The molecule has 0 amide bonds. The molecule has 1 rings (SSSR count). The van der Waals surface area contributed by atoms with E-state index in [4.69, 9.17) is 14.2 Å². The third-order valence-corrected chi connectivity index (χ3v) is 3.61. The maximum atomic E-state index is 11.5. The molecular weight excluding hydrogens is 298 g/mol. The first-order chi connectivity index (χ1) is 11.1. The predicted molar refractivity (Wildman–Crippen MR) is 87.0 cm³/mol. The van der Waals surface area contributed by atoms with Gasteiger partial charge in [-0.05, 0) is 18.8 Å². The Hall–Kier alpha value is -1.40. The first-order valence-electron chi connectivity index (χ1n) is 8.43. The van der Waals surface area contributed by atoms with Crippen LogP contribution < -0.4 is 0 Å². The van der Waals surface area contributed by atoms with Crippen LogP contribution >= 0.6 is 0 Å². The molecule has 0 spiro atoms. The summed E-state index contributed by atoms with van der Waals surface area (Å²) >= 11 is 0. The third-order valence-electron chi connectivity index (χ3n) is 3.61. The predicted octanol–water partition coefficient (Wildman–Crippen LogP) is 1.79. The zero-order valence-corrected chi connectivity index (χ0v) is 14.3. The van der Waals surface area contributed by atoms with Crippen molar-refractivity contribution in [1.82, 2.24) is 4.90 Å². The van der Waals surface area contributed by atoms with Crippen LogP contribution in [0, 0.1) is 5.92 Å². The van der Waals surface area contributed by atoms with Crippen LogP contribution in [0.2, 0.25) is 0 Å². The molecule has 0 aromatic carbocycles. The molecule has 1 atom stereocenters. The van der Waals surface area contributed by atoms with Gasteiger partial charge in [-0.2, -0.15) is 0 Å². The Kier molecular flexibility index (Phi) is 10.3. The minimum Gasteiger partial charge on any atom is -0.462 e. The van der Waals surface area contributed by atoms with Crippen molar-refractivity contribution >= 4 is 11.9 Å². The van der Waals surface area contributed by atoms with Crippen LogP contribution in [-0.2, 0) is 23.8 Å². The average molecular weight is 327 g/mol. The summed E-state index contributed by atoms with van der Waals surface area (Å²) in [6, 6.07) is 0. The van der Waals surface area contributed by atoms with E-state index in [1.165, 1.54) is 0 Å². The molecule has 6 heteroatoms. The van der Waals surface area contributed by atoms with E-state index in [2.05, 4.69) is 11.8 Å². The summed E-state index contributed by atoms with van der Waals surface area (Å²) in [5, 5.41) is 0. The summed E-state index contributed by atoms with van der Waals surface area (Å²) in [7, 11) is 0. The van der Waals surface area contributed by atoms with Gasteiger partial charge in [0, 0.05) is 31.8 Å². The molecule has 132 valence electrons. The van der Waals surface area contributed by atoms with Crippen molar-refractivity contribution in [2.45, 2.75) is 33.1 Å². The van der Waals surface area contributed by atoms with E-state index in [0.29, 0.717) is 19.1 Å². The van der Waals surface area contributed by atoms with Crippen molar-refractivity contribution in [2.24, 2.45) is 5.92 Å². The Morgan fingerprint density at radius 3 is 2.48 bits per heavy atom. The van der Waals surface area contributed by atoms with Crippen LogP contribution in [0.3, 0.4) is 0 Å². The van der Waals surface area contributed by atoms with Gasteiger partial charge in [-0.3, -0.25) is 4.90 Å². The van der Waals surface area contributed by atoms with Crippen LogP contribution in [0.25, 0.3) is 0 Å². The third kappa shape index (κ3) is 10.1. The molecule has 1 unspecified atom stereocenters. The van der Waals surface area contributed by atoms with Gasteiger partial charge >= 0.3 is 11.9 Å². The Balaban J connectivity index is 2.06. The summed E-state index contributed by atoms with van der Waals surface area (Å²) < 4.78 is 15.4. The molecule has 1 aliphatic heterocycles. The molecule has 0 aromatic heterocycles. The van der Waals surface area contributed by atoms with Crippen molar-refractivity contribution in [3.05, 3.63) is 12.2 Å². The molecule has 0 aromatic rings. The number of hydrogen-bond acceptors (Lipinski definition) is 6. The molecule has 6 nitrogen and oxygen atoms in total. The second-order valence-electron chi connectivity index (χ2n) is 5.83. The summed E-state index contributed by atoms with van der Waals surface area (Å²) in [6.07, 6.45) is 5.11. The van der Waals surface area contributed by atoms with Gasteiger partial charge in [0.1, 0.15) is 0 Å². The highest BCUT2D eigenvalue weighted by molar-refractivity contribution is 5.91. The summed E-state index contributed by atoms with van der Waals surface area (Å²) in [5.74, 6) is -0.673. The highest BCUT2D eigenvalue weighted by Gasteiger charge is 2.10.